The van der Waals surface area contributed by atoms with Gasteiger partial charge in [0.25, 0.3) is 5.91 Å². The van der Waals surface area contributed by atoms with Crippen molar-refractivity contribution in [2.75, 3.05) is 6.54 Å². The maximum atomic E-state index is 13.6. The maximum Gasteiger partial charge on any atom is 0.256 e. The average molecular weight is 402 g/mol. The number of rotatable bonds is 5. The lowest BCUT2D eigenvalue weighted by molar-refractivity contribution is 0.0539. The molecule has 6 heteroatoms. The van der Waals surface area contributed by atoms with Crippen molar-refractivity contribution in [3.05, 3.63) is 77.6 Å². The van der Waals surface area contributed by atoms with Crippen LogP contribution in [0.3, 0.4) is 0 Å². The normalized spacial score (nSPS) is 18.9. The van der Waals surface area contributed by atoms with E-state index in [4.69, 9.17) is 0 Å². The second kappa shape index (κ2) is 8.61. The topological polar surface area (TPSA) is 68.1 Å². The van der Waals surface area contributed by atoms with E-state index in [0.29, 0.717) is 24.2 Å². The number of carbonyl (C=O) groups is 2. The number of likely N-dealkylation sites (tertiary alicyclic amines) is 1. The lowest BCUT2D eigenvalue weighted by atomic mass is 9.87. The van der Waals surface area contributed by atoms with Crippen LogP contribution in [-0.2, 0) is 0 Å². The number of nitrogens with zero attached hydrogens (tertiary/aromatic N) is 4. The first-order valence-corrected chi connectivity index (χ1v) is 10.4. The summed E-state index contributed by atoms with van der Waals surface area (Å²) in [4.78, 5) is 29.6. The summed E-state index contributed by atoms with van der Waals surface area (Å²) in [6, 6.07) is 15.2. The second-order valence-corrected chi connectivity index (χ2v) is 8.08. The van der Waals surface area contributed by atoms with Crippen LogP contribution in [-0.4, -0.2) is 44.2 Å². The number of piperidine rings is 1. The van der Waals surface area contributed by atoms with Gasteiger partial charge in [0.15, 0.2) is 5.78 Å². The third-order valence-corrected chi connectivity index (χ3v) is 5.83. The van der Waals surface area contributed by atoms with Crippen molar-refractivity contribution in [3.63, 3.8) is 0 Å². The highest BCUT2D eigenvalue weighted by atomic mass is 16.2. The molecule has 3 aromatic rings. The number of ketones is 1. The van der Waals surface area contributed by atoms with E-state index >= 15 is 0 Å². The zero-order chi connectivity index (χ0) is 21.1. The number of aromatic nitrogens is 3. The van der Waals surface area contributed by atoms with E-state index in [9.17, 15) is 9.59 Å². The molecule has 0 spiro atoms. The van der Waals surface area contributed by atoms with Gasteiger partial charge in [-0.15, -0.1) is 0 Å². The molecule has 30 heavy (non-hydrogen) atoms. The largest absolute Gasteiger partial charge is 0.336 e. The molecule has 1 aromatic heterocycles. The molecule has 0 radical (unpaired) electrons. The summed E-state index contributed by atoms with van der Waals surface area (Å²) in [6.07, 6.45) is 5.50. The SMILES string of the molecule is Cc1ccc(-n2nccn2)c(C(=O)N2C[C@@H](CC(=O)c3ccccc3)CC[C@@H]2C)c1. The Morgan fingerprint density at radius 2 is 1.77 bits per heavy atom. The molecule has 0 unspecified atom stereocenters. The lowest BCUT2D eigenvalue weighted by Crippen LogP contribution is -2.46. The number of benzene rings is 2. The minimum Gasteiger partial charge on any atom is -0.336 e. The predicted molar refractivity (Wildman–Crippen MR) is 115 cm³/mol. The van der Waals surface area contributed by atoms with Gasteiger partial charge in [-0.1, -0.05) is 42.0 Å². The number of aryl methyl sites for hydroxylation is 1. The summed E-state index contributed by atoms with van der Waals surface area (Å²) in [5.74, 6) is 0.267. The molecule has 2 heterocycles. The van der Waals surface area contributed by atoms with Gasteiger partial charge in [0, 0.05) is 24.6 Å². The Balaban J connectivity index is 1.55. The van der Waals surface area contributed by atoms with E-state index in [-0.39, 0.29) is 23.7 Å². The molecule has 1 saturated heterocycles. The van der Waals surface area contributed by atoms with Crippen molar-refractivity contribution in [1.82, 2.24) is 19.9 Å². The summed E-state index contributed by atoms with van der Waals surface area (Å²) in [5, 5.41) is 8.40. The van der Waals surface area contributed by atoms with Crippen LogP contribution in [0.4, 0.5) is 0 Å². The number of carbonyl (C=O) groups excluding carboxylic acids is 2. The molecule has 154 valence electrons. The standard InChI is InChI=1S/C24H26N4O2/c1-17-8-11-22(28-25-12-13-26-28)21(14-17)24(30)27-16-19(10-9-18(27)2)15-23(29)20-6-4-3-5-7-20/h3-8,11-14,18-19H,9-10,15-16H2,1-2H3/t18-,19+/m0/s1. The van der Waals surface area contributed by atoms with Gasteiger partial charge < -0.3 is 4.90 Å². The summed E-state index contributed by atoms with van der Waals surface area (Å²) in [5.41, 5.74) is 3.01. The molecule has 6 nitrogen and oxygen atoms in total. The van der Waals surface area contributed by atoms with E-state index in [1.54, 1.807) is 12.4 Å². The third kappa shape index (κ3) is 4.17. The fraction of sp³-hybridized carbons (Fsp3) is 0.333. The van der Waals surface area contributed by atoms with Crippen molar-refractivity contribution >= 4 is 11.7 Å². The molecular weight excluding hydrogens is 376 g/mol. The molecule has 0 aliphatic carbocycles. The fourth-order valence-electron chi connectivity index (χ4n) is 4.13. The van der Waals surface area contributed by atoms with Crippen LogP contribution in [0.15, 0.2) is 60.9 Å². The van der Waals surface area contributed by atoms with Crippen LogP contribution in [0.25, 0.3) is 5.69 Å². The summed E-state index contributed by atoms with van der Waals surface area (Å²) in [7, 11) is 0. The number of hydrogen-bond donors (Lipinski definition) is 0. The highest BCUT2D eigenvalue weighted by molar-refractivity contribution is 5.98. The quantitative estimate of drug-likeness (QED) is 0.603. The first-order valence-electron chi connectivity index (χ1n) is 10.4. The smallest absolute Gasteiger partial charge is 0.256 e. The Labute approximate surface area is 176 Å². The van der Waals surface area contributed by atoms with E-state index < -0.39 is 0 Å². The molecule has 1 amide bonds. The van der Waals surface area contributed by atoms with Crippen LogP contribution >= 0.6 is 0 Å². The Bertz CT molecular complexity index is 1030. The molecule has 1 fully saturated rings. The van der Waals surface area contributed by atoms with Crippen molar-refractivity contribution < 1.29 is 9.59 Å². The van der Waals surface area contributed by atoms with Gasteiger partial charge in [-0.05, 0) is 44.7 Å². The number of hydrogen-bond acceptors (Lipinski definition) is 4. The van der Waals surface area contributed by atoms with Crippen molar-refractivity contribution in [1.29, 1.82) is 0 Å². The molecule has 2 aromatic carbocycles. The van der Waals surface area contributed by atoms with Crippen LogP contribution in [0, 0.1) is 12.8 Å². The minimum absolute atomic E-state index is 0.0321. The Kier molecular flexibility index (Phi) is 5.74. The molecule has 1 aliphatic heterocycles. The molecule has 0 bridgehead atoms. The average Bonchev–Trinajstić information content (AvgIpc) is 3.30. The Morgan fingerprint density at radius 1 is 1.03 bits per heavy atom. The fourth-order valence-corrected chi connectivity index (χ4v) is 4.13. The number of amides is 1. The molecular formula is C24H26N4O2. The van der Waals surface area contributed by atoms with E-state index in [0.717, 1.165) is 24.0 Å². The van der Waals surface area contributed by atoms with Crippen molar-refractivity contribution in [2.45, 2.75) is 39.2 Å². The third-order valence-electron chi connectivity index (χ3n) is 5.83. The molecule has 0 N–H and O–H groups in total. The summed E-state index contributed by atoms with van der Waals surface area (Å²) < 4.78 is 0. The van der Waals surface area contributed by atoms with Crippen molar-refractivity contribution in [2.24, 2.45) is 5.92 Å². The predicted octanol–water partition coefficient (Wildman–Crippen LogP) is 4.09. The monoisotopic (exact) mass is 402 g/mol. The van der Waals surface area contributed by atoms with E-state index in [2.05, 4.69) is 17.1 Å². The van der Waals surface area contributed by atoms with Gasteiger partial charge in [-0.25, -0.2) is 0 Å². The van der Waals surface area contributed by atoms with Crippen LogP contribution in [0.2, 0.25) is 0 Å². The lowest BCUT2D eigenvalue weighted by Gasteiger charge is -2.38. The van der Waals surface area contributed by atoms with Crippen LogP contribution in [0.5, 0.6) is 0 Å². The molecule has 1 aliphatic rings. The van der Waals surface area contributed by atoms with E-state index in [1.807, 2.05) is 60.4 Å². The first kappa shape index (κ1) is 20.0. The van der Waals surface area contributed by atoms with Gasteiger partial charge in [0.2, 0.25) is 0 Å². The summed E-state index contributed by atoms with van der Waals surface area (Å²) >= 11 is 0. The molecule has 2 atom stereocenters. The van der Waals surface area contributed by atoms with Gasteiger partial charge in [-0.2, -0.15) is 15.0 Å². The molecule has 4 rings (SSSR count). The van der Waals surface area contributed by atoms with Gasteiger partial charge in [0.05, 0.1) is 23.6 Å². The highest BCUT2D eigenvalue weighted by Crippen LogP contribution is 2.28. The van der Waals surface area contributed by atoms with Gasteiger partial charge >= 0.3 is 0 Å². The van der Waals surface area contributed by atoms with Crippen molar-refractivity contribution in [3.8, 4) is 5.69 Å². The summed E-state index contributed by atoms with van der Waals surface area (Å²) in [6.45, 7) is 4.63. The maximum absolute atomic E-state index is 13.6. The zero-order valence-electron chi connectivity index (χ0n) is 17.4. The first-order chi connectivity index (χ1) is 14.5. The number of Topliss-reactive ketones (excluding diaryl/α,β-unsaturated/α-hetero) is 1. The zero-order valence-corrected chi connectivity index (χ0v) is 17.4. The van der Waals surface area contributed by atoms with E-state index in [1.165, 1.54) is 4.80 Å². The second-order valence-electron chi connectivity index (χ2n) is 8.08. The minimum atomic E-state index is -0.0321. The van der Waals surface area contributed by atoms with Gasteiger partial charge in [0.1, 0.15) is 0 Å². The Morgan fingerprint density at radius 3 is 2.50 bits per heavy atom. The van der Waals surface area contributed by atoms with Crippen LogP contribution in [0.1, 0.15) is 52.5 Å². The highest BCUT2D eigenvalue weighted by Gasteiger charge is 2.32. The molecule has 0 saturated carbocycles. The Hall–Kier alpha value is -3.28. The van der Waals surface area contributed by atoms with Crippen LogP contribution < -0.4 is 0 Å². The van der Waals surface area contributed by atoms with Gasteiger partial charge in [-0.3, -0.25) is 9.59 Å².